The van der Waals surface area contributed by atoms with E-state index in [1.54, 1.807) is 31.4 Å². The number of fused-ring (bicyclic) bond motifs is 1. The number of piperazine rings is 1. The molecule has 2 fully saturated rings. The maximum absolute atomic E-state index is 12.3. The zero-order chi connectivity index (χ0) is 17.3. The van der Waals surface area contributed by atoms with Gasteiger partial charge < -0.3 is 25.4 Å². The third-order valence-electron chi connectivity index (χ3n) is 4.37. The van der Waals surface area contributed by atoms with Crippen molar-refractivity contribution < 1.29 is 24.2 Å². The van der Waals surface area contributed by atoms with Gasteiger partial charge in [0.2, 0.25) is 11.8 Å². The molecule has 0 spiro atoms. The molecule has 0 aromatic heterocycles. The topological polar surface area (TPSA) is 108 Å². The maximum Gasteiger partial charge on any atom is 0.251 e. The van der Waals surface area contributed by atoms with Crippen LogP contribution in [0.15, 0.2) is 24.3 Å². The third-order valence-corrected chi connectivity index (χ3v) is 4.37. The number of aliphatic hydroxyl groups is 1. The van der Waals surface area contributed by atoms with E-state index in [0.29, 0.717) is 17.7 Å². The summed E-state index contributed by atoms with van der Waals surface area (Å²) in [5.41, 5.74) is 0.477. The van der Waals surface area contributed by atoms with Crippen molar-refractivity contribution in [3.05, 3.63) is 29.8 Å². The first kappa shape index (κ1) is 16.3. The number of hydrogen-bond acceptors (Lipinski definition) is 5. The number of methoxy groups -OCH3 is 1. The van der Waals surface area contributed by atoms with E-state index in [-0.39, 0.29) is 30.3 Å². The fourth-order valence-electron chi connectivity index (χ4n) is 3.10. The van der Waals surface area contributed by atoms with E-state index in [0.717, 1.165) is 0 Å². The SMILES string of the molecule is COc1ccc(C(=O)N[C@H]2C[C@H]3C(=O)N[C@@H](CO)C(=O)N3C2)cc1. The normalized spacial score (nSPS) is 25.9. The second-order valence-electron chi connectivity index (χ2n) is 5.88. The highest BCUT2D eigenvalue weighted by atomic mass is 16.5. The minimum Gasteiger partial charge on any atom is -0.497 e. The Morgan fingerprint density at radius 1 is 1.38 bits per heavy atom. The summed E-state index contributed by atoms with van der Waals surface area (Å²) in [6, 6.07) is 4.88. The molecule has 2 aliphatic heterocycles. The average Bonchev–Trinajstić information content (AvgIpc) is 3.02. The Labute approximate surface area is 138 Å². The van der Waals surface area contributed by atoms with Gasteiger partial charge in [-0.1, -0.05) is 0 Å². The number of nitrogens with one attached hydrogen (secondary N) is 2. The van der Waals surface area contributed by atoms with E-state index in [1.165, 1.54) is 4.90 Å². The largest absolute Gasteiger partial charge is 0.497 e. The van der Waals surface area contributed by atoms with Gasteiger partial charge in [0.05, 0.1) is 13.7 Å². The highest BCUT2D eigenvalue weighted by molar-refractivity contribution is 5.98. The van der Waals surface area contributed by atoms with Crippen LogP contribution in [0.1, 0.15) is 16.8 Å². The molecule has 0 unspecified atom stereocenters. The van der Waals surface area contributed by atoms with Crippen molar-refractivity contribution in [1.82, 2.24) is 15.5 Å². The Hall–Kier alpha value is -2.61. The molecule has 0 aliphatic carbocycles. The number of nitrogens with zero attached hydrogens (tertiary/aromatic N) is 1. The molecular formula is C16H19N3O5. The number of benzene rings is 1. The summed E-state index contributed by atoms with van der Waals surface area (Å²) in [7, 11) is 1.55. The van der Waals surface area contributed by atoms with E-state index < -0.39 is 18.7 Å². The summed E-state index contributed by atoms with van der Waals surface area (Å²) < 4.78 is 5.05. The molecule has 128 valence electrons. The van der Waals surface area contributed by atoms with Crippen LogP contribution in [0.3, 0.4) is 0 Å². The Kier molecular flexibility index (Phi) is 4.39. The fourth-order valence-corrected chi connectivity index (χ4v) is 3.10. The van der Waals surface area contributed by atoms with Gasteiger partial charge in [-0.3, -0.25) is 14.4 Å². The molecule has 3 amide bonds. The lowest BCUT2D eigenvalue weighted by Gasteiger charge is -2.33. The number of carbonyl (C=O) groups excluding carboxylic acids is 3. The minimum atomic E-state index is -0.898. The molecule has 0 saturated carbocycles. The van der Waals surface area contributed by atoms with E-state index in [2.05, 4.69) is 10.6 Å². The third kappa shape index (κ3) is 2.92. The highest BCUT2D eigenvalue weighted by Gasteiger charge is 2.46. The highest BCUT2D eigenvalue weighted by Crippen LogP contribution is 2.23. The van der Waals surface area contributed by atoms with Gasteiger partial charge >= 0.3 is 0 Å². The molecule has 3 N–H and O–H groups in total. The minimum absolute atomic E-state index is 0.259. The predicted octanol–water partition coefficient (Wildman–Crippen LogP) is -1.11. The molecule has 8 heteroatoms. The number of rotatable bonds is 4. The Morgan fingerprint density at radius 2 is 2.08 bits per heavy atom. The summed E-state index contributed by atoms with van der Waals surface area (Å²) in [6.07, 6.45) is 0.359. The summed E-state index contributed by atoms with van der Waals surface area (Å²) >= 11 is 0. The van der Waals surface area contributed by atoms with Crippen LogP contribution < -0.4 is 15.4 Å². The molecule has 0 radical (unpaired) electrons. The van der Waals surface area contributed by atoms with Gasteiger partial charge in [0.25, 0.3) is 5.91 Å². The number of carbonyl (C=O) groups is 3. The molecule has 2 aliphatic rings. The number of hydrogen-bond donors (Lipinski definition) is 3. The predicted molar refractivity (Wildman–Crippen MR) is 83.4 cm³/mol. The average molecular weight is 333 g/mol. The Bertz CT molecular complexity index is 660. The maximum atomic E-state index is 12.3. The molecule has 3 atom stereocenters. The Morgan fingerprint density at radius 3 is 2.71 bits per heavy atom. The molecule has 1 aromatic rings. The number of aliphatic hydroxyl groups excluding tert-OH is 1. The van der Waals surface area contributed by atoms with Crippen molar-refractivity contribution in [2.24, 2.45) is 0 Å². The molecule has 1 aromatic carbocycles. The number of amides is 3. The van der Waals surface area contributed by atoms with E-state index in [1.807, 2.05) is 0 Å². The summed E-state index contributed by atoms with van der Waals surface area (Å²) in [4.78, 5) is 37.9. The zero-order valence-corrected chi connectivity index (χ0v) is 13.2. The molecule has 24 heavy (non-hydrogen) atoms. The summed E-state index contributed by atoms with van der Waals surface area (Å²) in [5, 5.41) is 14.5. The first-order valence-electron chi connectivity index (χ1n) is 7.70. The van der Waals surface area contributed by atoms with Crippen molar-refractivity contribution in [2.45, 2.75) is 24.5 Å². The lowest BCUT2D eigenvalue weighted by molar-refractivity contribution is -0.148. The second kappa shape index (κ2) is 6.48. The van der Waals surface area contributed by atoms with Gasteiger partial charge in [0.15, 0.2) is 0 Å². The van der Waals surface area contributed by atoms with Crippen molar-refractivity contribution in [3.8, 4) is 5.75 Å². The van der Waals surface area contributed by atoms with Gasteiger partial charge in [-0.25, -0.2) is 0 Å². The second-order valence-corrected chi connectivity index (χ2v) is 5.88. The van der Waals surface area contributed by atoms with Crippen LogP contribution in [-0.2, 0) is 9.59 Å². The van der Waals surface area contributed by atoms with E-state index >= 15 is 0 Å². The quantitative estimate of drug-likeness (QED) is 0.647. The summed E-state index contributed by atoms with van der Waals surface area (Å²) in [6.45, 7) is -0.175. The first-order chi connectivity index (χ1) is 11.5. The molecule has 2 saturated heterocycles. The van der Waals surface area contributed by atoms with Gasteiger partial charge in [-0.05, 0) is 30.7 Å². The van der Waals surface area contributed by atoms with Crippen LogP contribution in [0.5, 0.6) is 5.75 Å². The van der Waals surface area contributed by atoms with Crippen LogP contribution in [-0.4, -0.2) is 66.1 Å². The van der Waals surface area contributed by atoms with Crippen molar-refractivity contribution in [3.63, 3.8) is 0 Å². The first-order valence-corrected chi connectivity index (χ1v) is 7.70. The monoisotopic (exact) mass is 333 g/mol. The molecule has 3 rings (SSSR count). The van der Waals surface area contributed by atoms with Crippen LogP contribution in [0.2, 0.25) is 0 Å². The van der Waals surface area contributed by atoms with Crippen LogP contribution in [0.4, 0.5) is 0 Å². The molecule has 8 nitrogen and oxygen atoms in total. The standard InChI is InChI=1S/C16H19N3O5/c1-24-11-4-2-9(3-5-11)14(21)17-10-6-13-15(22)18-12(8-20)16(23)19(13)7-10/h2-5,10,12-13,20H,6-8H2,1H3,(H,17,21)(H,18,22)/t10-,12-,13-/m0/s1. The Balaban J connectivity index is 1.66. The molecule has 2 heterocycles. The molecular weight excluding hydrogens is 314 g/mol. The van der Waals surface area contributed by atoms with Crippen LogP contribution in [0.25, 0.3) is 0 Å². The van der Waals surface area contributed by atoms with Gasteiger partial charge in [-0.2, -0.15) is 0 Å². The summed E-state index contributed by atoms with van der Waals surface area (Å²) in [5.74, 6) is -0.228. The fraction of sp³-hybridized carbons (Fsp3) is 0.438. The van der Waals surface area contributed by atoms with Crippen molar-refractivity contribution >= 4 is 17.7 Å². The van der Waals surface area contributed by atoms with Crippen molar-refractivity contribution in [1.29, 1.82) is 0 Å². The number of ether oxygens (including phenoxy) is 1. The lowest BCUT2D eigenvalue weighted by atomic mass is 10.1. The van der Waals surface area contributed by atoms with Crippen molar-refractivity contribution in [2.75, 3.05) is 20.3 Å². The van der Waals surface area contributed by atoms with E-state index in [4.69, 9.17) is 9.84 Å². The van der Waals surface area contributed by atoms with Gasteiger partial charge in [-0.15, -0.1) is 0 Å². The van der Waals surface area contributed by atoms with Gasteiger partial charge in [0, 0.05) is 18.2 Å². The van der Waals surface area contributed by atoms with Crippen LogP contribution in [0, 0.1) is 0 Å². The van der Waals surface area contributed by atoms with Gasteiger partial charge in [0.1, 0.15) is 17.8 Å². The van der Waals surface area contributed by atoms with Crippen LogP contribution >= 0.6 is 0 Å². The van der Waals surface area contributed by atoms with E-state index in [9.17, 15) is 14.4 Å². The zero-order valence-electron chi connectivity index (χ0n) is 13.2. The molecule has 0 bridgehead atoms. The lowest BCUT2D eigenvalue weighted by Crippen LogP contribution is -2.62. The smallest absolute Gasteiger partial charge is 0.251 e.